The minimum Gasteiger partial charge on any atom is -0.492 e. The number of morpholine rings is 1. The number of carboxylic acid groups (broad SMARTS) is 1. The maximum atomic E-state index is 11.0. The van der Waals surface area contributed by atoms with Crippen LogP contribution in [0.4, 0.5) is 0 Å². The van der Waals surface area contributed by atoms with Crippen LogP contribution in [0.1, 0.15) is 21.5 Å². The predicted molar refractivity (Wildman–Crippen MR) is 102 cm³/mol. The molecule has 1 saturated heterocycles. The average molecular weight is 353 g/mol. The molecule has 1 fully saturated rings. The van der Waals surface area contributed by atoms with E-state index in [2.05, 4.69) is 4.90 Å². The van der Waals surface area contributed by atoms with Gasteiger partial charge in [-0.1, -0.05) is 36.4 Å². The van der Waals surface area contributed by atoms with Crippen molar-refractivity contribution in [3.05, 3.63) is 65.2 Å². The molecule has 2 aromatic rings. The molecule has 136 valence electrons. The van der Waals surface area contributed by atoms with Crippen LogP contribution < -0.4 is 4.74 Å². The number of ether oxygens (including phenoxy) is 2. The van der Waals surface area contributed by atoms with Gasteiger partial charge in [-0.3, -0.25) is 4.90 Å². The van der Waals surface area contributed by atoms with Gasteiger partial charge in [-0.05, 0) is 35.4 Å². The van der Waals surface area contributed by atoms with Crippen molar-refractivity contribution in [2.75, 3.05) is 39.5 Å². The molecule has 5 heteroatoms. The fourth-order valence-electron chi connectivity index (χ4n) is 2.79. The van der Waals surface area contributed by atoms with Gasteiger partial charge in [-0.2, -0.15) is 0 Å². The second-order valence-corrected chi connectivity index (χ2v) is 6.14. The topological polar surface area (TPSA) is 59.0 Å². The normalized spacial score (nSPS) is 15.2. The summed E-state index contributed by atoms with van der Waals surface area (Å²) < 4.78 is 11.2. The number of rotatable bonds is 7. The van der Waals surface area contributed by atoms with Crippen molar-refractivity contribution in [3.8, 4) is 5.75 Å². The number of carboxylic acids is 1. The van der Waals surface area contributed by atoms with Crippen molar-refractivity contribution < 1.29 is 19.4 Å². The second kappa shape index (κ2) is 9.17. The molecule has 0 saturated carbocycles. The zero-order chi connectivity index (χ0) is 18.2. The lowest BCUT2D eigenvalue weighted by molar-refractivity contribution is 0.0322. The molecule has 1 aliphatic rings. The van der Waals surface area contributed by atoms with E-state index in [0.717, 1.165) is 49.7 Å². The van der Waals surface area contributed by atoms with Gasteiger partial charge in [0.15, 0.2) is 0 Å². The molecule has 0 radical (unpaired) electrons. The minimum absolute atomic E-state index is 0.285. The van der Waals surface area contributed by atoms with E-state index >= 15 is 0 Å². The van der Waals surface area contributed by atoms with E-state index in [1.165, 1.54) is 0 Å². The molecule has 0 spiro atoms. The highest BCUT2D eigenvalue weighted by molar-refractivity contribution is 5.88. The molecule has 1 heterocycles. The highest BCUT2D eigenvalue weighted by atomic mass is 16.5. The standard InChI is InChI=1S/C21H23NO4/c23-21(24)19-5-1-3-17(15-19)7-8-18-4-2-6-20(16-18)26-14-11-22-9-12-25-13-10-22/h1-8,15-16H,9-14H2,(H,23,24)/b8-7-. The highest BCUT2D eigenvalue weighted by Crippen LogP contribution is 2.16. The molecule has 26 heavy (non-hydrogen) atoms. The number of aromatic carboxylic acids is 1. The Morgan fingerprint density at radius 2 is 1.77 bits per heavy atom. The summed E-state index contributed by atoms with van der Waals surface area (Å²) in [5.41, 5.74) is 2.14. The summed E-state index contributed by atoms with van der Waals surface area (Å²) >= 11 is 0. The third kappa shape index (κ3) is 5.44. The van der Waals surface area contributed by atoms with Gasteiger partial charge in [-0.15, -0.1) is 0 Å². The van der Waals surface area contributed by atoms with E-state index in [0.29, 0.717) is 6.61 Å². The zero-order valence-corrected chi connectivity index (χ0v) is 14.6. The monoisotopic (exact) mass is 353 g/mol. The van der Waals surface area contributed by atoms with Gasteiger partial charge in [0.25, 0.3) is 0 Å². The average Bonchev–Trinajstić information content (AvgIpc) is 2.68. The molecule has 0 aliphatic carbocycles. The van der Waals surface area contributed by atoms with E-state index in [-0.39, 0.29) is 5.56 Å². The van der Waals surface area contributed by atoms with E-state index in [1.54, 1.807) is 18.2 Å². The van der Waals surface area contributed by atoms with Crippen LogP contribution in [0.2, 0.25) is 0 Å². The first-order valence-corrected chi connectivity index (χ1v) is 8.75. The van der Waals surface area contributed by atoms with Gasteiger partial charge in [0.1, 0.15) is 12.4 Å². The first-order valence-electron chi connectivity index (χ1n) is 8.75. The van der Waals surface area contributed by atoms with E-state index in [4.69, 9.17) is 14.6 Å². The summed E-state index contributed by atoms with van der Waals surface area (Å²) in [4.78, 5) is 13.4. The summed E-state index contributed by atoms with van der Waals surface area (Å²) in [5, 5.41) is 9.06. The van der Waals surface area contributed by atoms with Crippen LogP contribution in [0.5, 0.6) is 5.75 Å². The third-order valence-electron chi connectivity index (χ3n) is 4.24. The van der Waals surface area contributed by atoms with Crippen molar-refractivity contribution in [1.29, 1.82) is 0 Å². The number of carbonyl (C=O) groups is 1. The molecule has 2 aromatic carbocycles. The minimum atomic E-state index is -0.920. The van der Waals surface area contributed by atoms with Crippen molar-refractivity contribution in [2.24, 2.45) is 0 Å². The molecule has 0 bridgehead atoms. The van der Waals surface area contributed by atoms with Gasteiger partial charge in [-0.25, -0.2) is 4.79 Å². The first-order chi connectivity index (χ1) is 12.7. The smallest absolute Gasteiger partial charge is 0.335 e. The summed E-state index contributed by atoms with van der Waals surface area (Å²) in [6.07, 6.45) is 3.86. The lowest BCUT2D eigenvalue weighted by atomic mass is 10.1. The van der Waals surface area contributed by atoms with E-state index < -0.39 is 5.97 Å². The SMILES string of the molecule is O=C(O)c1cccc(/C=C\c2cccc(OCCN3CCOCC3)c2)c1. The molecule has 5 nitrogen and oxygen atoms in total. The van der Waals surface area contributed by atoms with Crippen molar-refractivity contribution >= 4 is 18.1 Å². The predicted octanol–water partition coefficient (Wildman–Crippen LogP) is 3.27. The van der Waals surface area contributed by atoms with Crippen LogP contribution >= 0.6 is 0 Å². The maximum Gasteiger partial charge on any atom is 0.335 e. The lowest BCUT2D eigenvalue weighted by Crippen LogP contribution is -2.38. The number of benzene rings is 2. The Morgan fingerprint density at radius 1 is 1.08 bits per heavy atom. The van der Waals surface area contributed by atoms with Crippen LogP contribution in [0, 0.1) is 0 Å². The molecular weight excluding hydrogens is 330 g/mol. The van der Waals surface area contributed by atoms with Crippen molar-refractivity contribution in [3.63, 3.8) is 0 Å². The Hall–Kier alpha value is -2.63. The number of hydrogen-bond acceptors (Lipinski definition) is 4. The van der Waals surface area contributed by atoms with Crippen LogP contribution in [0.25, 0.3) is 12.2 Å². The van der Waals surface area contributed by atoms with Crippen molar-refractivity contribution in [2.45, 2.75) is 0 Å². The fourth-order valence-corrected chi connectivity index (χ4v) is 2.79. The van der Waals surface area contributed by atoms with Crippen LogP contribution in [0.15, 0.2) is 48.5 Å². The Bertz CT molecular complexity index is 766. The maximum absolute atomic E-state index is 11.0. The molecule has 0 aromatic heterocycles. The summed E-state index contributed by atoms with van der Waals surface area (Å²) in [5.74, 6) is -0.0874. The molecule has 0 atom stereocenters. The molecule has 1 aliphatic heterocycles. The van der Waals surface area contributed by atoms with E-state index in [1.807, 2.05) is 42.5 Å². The van der Waals surface area contributed by atoms with E-state index in [9.17, 15) is 4.79 Å². The Labute approximate surface area is 153 Å². The van der Waals surface area contributed by atoms with Crippen LogP contribution in [0.3, 0.4) is 0 Å². The lowest BCUT2D eigenvalue weighted by Gasteiger charge is -2.26. The molecular formula is C21H23NO4. The summed E-state index contributed by atoms with van der Waals surface area (Å²) in [6.45, 7) is 5.05. The van der Waals surface area contributed by atoms with Gasteiger partial charge in [0.2, 0.25) is 0 Å². The van der Waals surface area contributed by atoms with Gasteiger partial charge < -0.3 is 14.6 Å². The Kier molecular flexibility index (Phi) is 6.41. The Balaban J connectivity index is 1.56. The molecule has 3 rings (SSSR count). The highest BCUT2D eigenvalue weighted by Gasteiger charge is 2.09. The van der Waals surface area contributed by atoms with Gasteiger partial charge >= 0.3 is 5.97 Å². The van der Waals surface area contributed by atoms with Crippen LogP contribution in [-0.4, -0.2) is 55.4 Å². The summed E-state index contributed by atoms with van der Waals surface area (Å²) in [7, 11) is 0. The molecule has 0 unspecified atom stereocenters. The summed E-state index contributed by atoms with van der Waals surface area (Å²) in [6, 6.07) is 14.7. The van der Waals surface area contributed by atoms with Crippen LogP contribution in [-0.2, 0) is 4.74 Å². The largest absolute Gasteiger partial charge is 0.492 e. The number of hydrogen-bond donors (Lipinski definition) is 1. The Morgan fingerprint density at radius 3 is 2.50 bits per heavy atom. The van der Waals surface area contributed by atoms with Gasteiger partial charge in [0, 0.05) is 19.6 Å². The molecule has 1 N–H and O–H groups in total. The quantitative estimate of drug-likeness (QED) is 0.774. The molecule has 0 amide bonds. The third-order valence-corrected chi connectivity index (χ3v) is 4.24. The fraction of sp³-hybridized carbons (Fsp3) is 0.286. The zero-order valence-electron chi connectivity index (χ0n) is 14.6. The first kappa shape index (κ1) is 18.2. The number of nitrogens with zero attached hydrogens (tertiary/aromatic N) is 1. The van der Waals surface area contributed by atoms with Gasteiger partial charge in [0.05, 0.1) is 18.8 Å². The second-order valence-electron chi connectivity index (χ2n) is 6.14. The van der Waals surface area contributed by atoms with Crippen molar-refractivity contribution in [1.82, 2.24) is 4.90 Å².